The maximum atomic E-state index is 12.8. The average Bonchev–Trinajstić information content (AvgIpc) is 2.64. The first-order valence-corrected chi connectivity index (χ1v) is 9.25. The first kappa shape index (κ1) is 19.8. The van der Waals surface area contributed by atoms with Crippen LogP contribution in [0, 0.1) is 5.82 Å². The molecule has 138 valence electrons. The van der Waals surface area contributed by atoms with Gasteiger partial charge in [0.15, 0.2) is 0 Å². The van der Waals surface area contributed by atoms with E-state index in [1.807, 2.05) is 30.3 Å². The number of benzene rings is 2. The van der Waals surface area contributed by atoms with Gasteiger partial charge in [-0.1, -0.05) is 18.2 Å². The fourth-order valence-electron chi connectivity index (χ4n) is 2.01. The van der Waals surface area contributed by atoms with Crippen molar-refractivity contribution in [2.24, 2.45) is 0 Å². The molecule has 2 aromatic rings. The SMILES string of the molecule is CN(CCOc1ccccc1)C(=O)CSCC(=O)Nc1ccc(F)cc1. The van der Waals surface area contributed by atoms with E-state index in [1.165, 1.54) is 36.0 Å². The highest BCUT2D eigenvalue weighted by Gasteiger charge is 2.10. The molecule has 7 heteroatoms. The minimum Gasteiger partial charge on any atom is -0.492 e. The predicted octanol–water partition coefficient (Wildman–Crippen LogP) is 3.03. The molecule has 0 aliphatic carbocycles. The lowest BCUT2D eigenvalue weighted by molar-refractivity contribution is -0.127. The molecule has 0 aromatic heterocycles. The summed E-state index contributed by atoms with van der Waals surface area (Å²) in [6.07, 6.45) is 0. The highest BCUT2D eigenvalue weighted by molar-refractivity contribution is 8.00. The fourth-order valence-corrected chi connectivity index (χ4v) is 2.77. The fraction of sp³-hybridized carbons (Fsp3) is 0.263. The zero-order valence-electron chi connectivity index (χ0n) is 14.5. The predicted molar refractivity (Wildman–Crippen MR) is 102 cm³/mol. The van der Waals surface area contributed by atoms with Gasteiger partial charge in [-0.2, -0.15) is 0 Å². The van der Waals surface area contributed by atoms with Gasteiger partial charge in [0.1, 0.15) is 18.2 Å². The molecule has 0 saturated carbocycles. The molecule has 0 unspecified atom stereocenters. The summed E-state index contributed by atoms with van der Waals surface area (Å²) in [7, 11) is 1.70. The Bertz CT molecular complexity index is 710. The number of nitrogens with zero attached hydrogens (tertiary/aromatic N) is 1. The summed E-state index contributed by atoms with van der Waals surface area (Å²) in [5.74, 6) is 0.462. The van der Waals surface area contributed by atoms with Crippen LogP contribution in [0.15, 0.2) is 54.6 Å². The lowest BCUT2D eigenvalue weighted by Crippen LogP contribution is -2.32. The number of carbonyl (C=O) groups is 2. The van der Waals surface area contributed by atoms with Gasteiger partial charge >= 0.3 is 0 Å². The largest absolute Gasteiger partial charge is 0.492 e. The second-order valence-corrected chi connectivity index (χ2v) is 6.51. The quantitative estimate of drug-likeness (QED) is 0.731. The molecule has 0 atom stereocenters. The van der Waals surface area contributed by atoms with Crippen LogP contribution in [0.5, 0.6) is 5.75 Å². The third-order valence-electron chi connectivity index (χ3n) is 3.45. The molecule has 2 aromatic carbocycles. The van der Waals surface area contributed by atoms with Crippen LogP contribution >= 0.6 is 11.8 Å². The van der Waals surface area contributed by atoms with E-state index >= 15 is 0 Å². The molecule has 2 amide bonds. The highest BCUT2D eigenvalue weighted by atomic mass is 32.2. The number of hydrogen-bond acceptors (Lipinski definition) is 4. The number of nitrogens with one attached hydrogen (secondary N) is 1. The van der Waals surface area contributed by atoms with Crippen molar-refractivity contribution < 1.29 is 18.7 Å². The number of likely N-dealkylation sites (N-methyl/N-ethyl adjacent to an activating group) is 1. The third-order valence-corrected chi connectivity index (χ3v) is 4.37. The minimum atomic E-state index is -0.359. The van der Waals surface area contributed by atoms with Crippen LogP contribution in [0.4, 0.5) is 10.1 Å². The Hall–Kier alpha value is -2.54. The Labute approximate surface area is 156 Å². The van der Waals surface area contributed by atoms with Crippen molar-refractivity contribution >= 4 is 29.3 Å². The Morgan fingerprint density at radius 2 is 1.77 bits per heavy atom. The van der Waals surface area contributed by atoms with Crippen molar-refractivity contribution in [1.29, 1.82) is 0 Å². The molecule has 0 heterocycles. The summed E-state index contributed by atoms with van der Waals surface area (Å²) in [5, 5.41) is 2.65. The van der Waals surface area contributed by atoms with Crippen molar-refractivity contribution in [3.63, 3.8) is 0 Å². The van der Waals surface area contributed by atoms with Gasteiger partial charge in [0, 0.05) is 12.7 Å². The van der Waals surface area contributed by atoms with E-state index in [0.717, 1.165) is 5.75 Å². The van der Waals surface area contributed by atoms with Gasteiger partial charge in [-0.3, -0.25) is 9.59 Å². The normalized spacial score (nSPS) is 10.2. The second kappa shape index (κ2) is 10.5. The van der Waals surface area contributed by atoms with E-state index < -0.39 is 0 Å². The Kier molecular flexibility index (Phi) is 7.95. The summed E-state index contributed by atoms with van der Waals surface area (Å²) in [6, 6.07) is 14.9. The lowest BCUT2D eigenvalue weighted by atomic mass is 10.3. The molecule has 26 heavy (non-hydrogen) atoms. The van der Waals surface area contributed by atoms with Crippen LogP contribution in [0.2, 0.25) is 0 Å². The number of ether oxygens (including phenoxy) is 1. The number of amides is 2. The standard InChI is InChI=1S/C19H21FN2O3S/c1-22(11-12-25-17-5-3-2-4-6-17)19(24)14-26-13-18(23)21-16-9-7-15(20)8-10-16/h2-10H,11-14H2,1H3,(H,21,23). The third kappa shape index (κ3) is 7.14. The van der Waals surface area contributed by atoms with Gasteiger partial charge in [0.05, 0.1) is 18.1 Å². The van der Waals surface area contributed by atoms with Gasteiger partial charge in [-0.05, 0) is 36.4 Å². The number of anilines is 1. The van der Waals surface area contributed by atoms with Crippen LogP contribution in [0.25, 0.3) is 0 Å². The number of para-hydroxylation sites is 1. The molecule has 0 saturated heterocycles. The molecule has 0 spiro atoms. The van der Waals surface area contributed by atoms with E-state index in [1.54, 1.807) is 11.9 Å². The maximum absolute atomic E-state index is 12.8. The molecular formula is C19H21FN2O3S. The zero-order chi connectivity index (χ0) is 18.8. The smallest absolute Gasteiger partial charge is 0.234 e. The summed E-state index contributed by atoms with van der Waals surface area (Å²) >= 11 is 1.23. The molecule has 0 bridgehead atoms. The average molecular weight is 376 g/mol. The summed E-state index contributed by atoms with van der Waals surface area (Å²) in [4.78, 5) is 25.4. The minimum absolute atomic E-state index is 0.0683. The van der Waals surface area contributed by atoms with Crippen LogP contribution in [0.3, 0.4) is 0 Å². The molecular weight excluding hydrogens is 355 g/mol. The first-order chi connectivity index (χ1) is 12.5. The molecule has 5 nitrogen and oxygen atoms in total. The van der Waals surface area contributed by atoms with E-state index in [9.17, 15) is 14.0 Å². The summed E-state index contributed by atoms with van der Waals surface area (Å²) in [5.41, 5.74) is 0.526. The molecule has 2 rings (SSSR count). The van der Waals surface area contributed by atoms with E-state index in [-0.39, 0.29) is 29.1 Å². The number of thioether (sulfide) groups is 1. The maximum Gasteiger partial charge on any atom is 0.234 e. The lowest BCUT2D eigenvalue weighted by Gasteiger charge is -2.17. The van der Waals surface area contributed by atoms with E-state index in [4.69, 9.17) is 4.74 Å². The van der Waals surface area contributed by atoms with Crippen LogP contribution < -0.4 is 10.1 Å². The first-order valence-electron chi connectivity index (χ1n) is 8.09. The highest BCUT2D eigenvalue weighted by Crippen LogP contribution is 2.10. The Morgan fingerprint density at radius 1 is 1.08 bits per heavy atom. The Morgan fingerprint density at radius 3 is 2.46 bits per heavy atom. The monoisotopic (exact) mass is 376 g/mol. The number of hydrogen-bond donors (Lipinski definition) is 1. The number of halogens is 1. The second-order valence-electron chi connectivity index (χ2n) is 5.52. The van der Waals surface area contributed by atoms with E-state index in [2.05, 4.69) is 5.32 Å². The number of rotatable bonds is 9. The van der Waals surface area contributed by atoms with Gasteiger partial charge in [0.2, 0.25) is 11.8 Å². The van der Waals surface area contributed by atoms with Crippen molar-refractivity contribution in [2.45, 2.75) is 0 Å². The molecule has 0 aliphatic heterocycles. The van der Waals surface area contributed by atoms with Crippen LogP contribution in [-0.2, 0) is 9.59 Å². The van der Waals surface area contributed by atoms with Crippen LogP contribution in [0.1, 0.15) is 0 Å². The summed E-state index contributed by atoms with van der Waals surface area (Å²) < 4.78 is 18.4. The van der Waals surface area contributed by atoms with E-state index in [0.29, 0.717) is 18.8 Å². The van der Waals surface area contributed by atoms with Gasteiger partial charge in [-0.25, -0.2) is 4.39 Å². The van der Waals surface area contributed by atoms with Crippen LogP contribution in [-0.4, -0.2) is 48.4 Å². The van der Waals surface area contributed by atoms with Crippen molar-refractivity contribution in [1.82, 2.24) is 4.90 Å². The van der Waals surface area contributed by atoms with Crippen molar-refractivity contribution in [3.05, 3.63) is 60.4 Å². The van der Waals surface area contributed by atoms with Gasteiger partial charge < -0.3 is 15.0 Å². The Balaban J connectivity index is 1.61. The number of carbonyl (C=O) groups excluding carboxylic acids is 2. The molecule has 1 N–H and O–H groups in total. The topological polar surface area (TPSA) is 58.6 Å². The molecule has 0 fully saturated rings. The molecule has 0 radical (unpaired) electrons. The molecule has 0 aliphatic rings. The zero-order valence-corrected chi connectivity index (χ0v) is 15.3. The van der Waals surface area contributed by atoms with Gasteiger partial charge in [0.25, 0.3) is 0 Å². The van der Waals surface area contributed by atoms with Gasteiger partial charge in [-0.15, -0.1) is 11.8 Å². The van der Waals surface area contributed by atoms with Crippen molar-refractivity contribution in [3.8, 4) is 5.75 Å². The van der Waals surface area contributed by atoms with Crippen molar-refractivity contribution in [2.75, 3.05) is 37.0 Å². The summed E-state index contributed by atoms with van der Waals surface area (Å²) in [6.45, 7) is 0.873.